The standard InChI is InChI=1S/C34H40N6OS/c1-41-28-14-11-25(12-15-28)23-40-32(16-13-24-7-3-2-4-8-24)38-39-33(40)31(37-34(42)26-17-19-35-20-18-26)21-27-22-36-30-10-6-5-9-29(27)30/h2-8,10-12,14-15,22,26,29,31,35-36H,9,13,16-21,23H2,1H3,(H,37,42)/t29?,31-/m1/s1. The number of fused-ring (bicyclic) bond motifs is 1. The van der Waals surface area contributed by atoms with Gasteiger partial charge in [0.15, 0.2) is 5.82 Å². The second kappa shape index (κ2) is 13.5. The van der Waals surface area contributed by atoms with Gasteiger partial charge in [0, 0.05) is 30.2 Å². The van der Waals surface area contributed by atoms with Crippen LogP contribution in [-0.4, -0.2) is 40.0 Å². The van der Waals surface area contributed by atoms with Gasteiger partial charge in [-0.25, -0.2) is 0 Å². The number of benzene rings is 2. The molecule has 0 bridgehead atoms. The predicted molar refractivity (Wildman–Crippen MR) is 171 cm³/mol. The zero-order valence-corrected chi connectivity index (χ0v) is 25.1. The maximum atomic E-state index is 6.06. The first-order valence-electron chi connectivity index (χ1n) is 15.1. The first kappa shape index (κ1) is 28.4. The van der Waals surface area contributed by atoms with Gasteiger partial charge in [0.2, 0.25) is 0 Å². The van der Waals surface area contributed by atoms with Gasteiger partial charge in [-0.3, -0.25) is 0 Å². The summed E-state index contributed by atoms with van der Waals surface area (Å²) in [6.07, 6.45) is 14.4. The van der Waals surface area contributed by atoms with E-state index in [1.807, 2.05) is 12.1 Å². The van der Waals surface area contributed by atoms with Crippen molar-refractivity contribution in [3.63, 3.8) is 0 Å². The number of hydrogen-bond acceptors (Lipinski definition) is 6. The highest BCUT2D eigenvalue weighted by atomic mass is 32.1. The van der Waals surface area contributed by atoms with Crippen LogP contribution in [0.5, 0.6) is 5.75 Å². The molecule has 1 fully saturated rings. The summed E-state index contributed by atoms with van der Waals surface area (Å²) in [6, 6.07) is 18.8. The maximum Gasteiger partial charge on any atom is 0.156 e. The summed E-state index contributed by atoms with van der Waals surface area (Å²) in [7, 11) is 1.70. The molecule has 42 heavy (non-hydrogen) atoms. The third-order valence-electron chi connectivity index (χ3n) is 8.64. The lowest BCUT2D eigenvalue weighted by atomic mass is 9.88. The van der Waals surface area contributed by atoms with E-state index >= 15 is 0 Å². The van der Waals surface area contributed by atoms with Gasteiger partial charge >= 0.3 is 0 Å². The Morgan fingerprint density at radius 1 is 1.05 bits per heavy atom. The molecule has 0 amide bonds. The highest BCUT2D eigenvalue weighted by Crippen LogP contribution is 2.36. The van der Waals surface area contributed by atoms with Crippen molar-refractivity contribution in [1.82, 2.24) is 30.7 Å². The van der Waals surface area contributed by atoms with E-state index < -0.39 is 0 Å². The molecule has 0 radical (unpaired) electrons. The molecule has 6 rings (SSSR count). The first-order chi connectivity index (χ1) is 20.7. The highest BCUT2D eigenvalue weighted by Gasteiger charge is 2.31. The van der Waals surface area contributed by atoms with Crippen molar-refractivity contribution >= 4 is 17.2 Å². The minimum atomic E-state index is -0.0816. The molecular weight excluding hydrogens is 540 g/mol. The Bertz CT molecular complexity index is 1450. The molecule has 2 aromatic carbocycles. The summed E-state index contributed by atoms with van der Waals surface area (Å²) in [6.45, 7) is 2.70. The molecule has 7 nitrogen and oxygen atoms in total. The number of methoxy groups -OCH3 is 1. The first-order valence-corrected chi connectivity index (χ1v) is 15.5. The molecule has 2 aliphatic heterocycles. The zero-order valence-electron chi connectivity index (χ0n) is 24.3. The quantitative estimate of drug-likeness (QED) is 0.262. The smallest absolute Gasteiger partial charge is 0.156 e. The molecule has 3 aromatic rings. The summed E-state index contributed by atoms with van der Waals surface area (Å²) in [5.41, 5.74) is 5.13. The number of ether oxygens (including phenoxy) is 1. The van der Waals surface area contributed by atoms with E-state index in [-0.39, 0.29) is 6.04 Å². The van der Waals surface area contributed by atoms with Gasteiger partial charge in [0.05, 0.1) is 24.7 Å². The number of aryl methyl sites for hydroxylation is 2. The zero-order chi connectivity index (χ0) is 28.7. The van der Waals surface area contributed by atoms with E-state index in [9.17, 15) is 0 Å². The van der Waals surface area contributed by atoms with Crippen LogP contribution in [0.3, 0.4) is 0 Å². The lowest BCUT2D eigenvalue weighted by Gasteiger charge is -2.29. The minimum Gasteiger partial charge on any atom is -0.497 e. The number of rotatable bonds is 11. The molecule has 1 saturated heterocycles. The van der Waals surface area contributed by atoms with Gasteiger partial charge in [-0.1, -0.05) is 66.8 Å². The van der Waals surface area contributed by atoms with Crippen LogP contribution in [0.25, 0.3) is 0 Å². The van der Waals surface area contributed by atoms with Crippen molar-refractivity contribution in [3.8, 4) is 5.75 Å². The second-order valence-electron chi connectivity index (χ2n) is 11.4. The Hall–Kier alpha value is -3.75. The van der Waals surface area contributed by atoms with E-state index in [0.29, 0.717) is 18.4 Å². The number of nitrogens with one attached hydrogen (secondary N) is 3. The Morgan fingerprint density at radius 3 is 2.64 bits per heavy atom. The fourth-order valence-electron chi connectivity index (χ4n) is 6.20. The van der Waals surface area contributed by atoms with Gasteiger partial charge in [-0.05, 0) is 80.1 Å². The third kappa shape index (κ3) is 6.66. The Kier molecular flexibility index (Phi) is 9.11. The molecule has 1 aliphatic carbocycles. The van der Waals surface area contributed by atoms with Crippen LogP contribution in [-0.2, 0) is 19.4 Å². The second-order valence-corrected chi connectivity index (χ2v) is 11.8. The van der Waals surface area contributed by atoms with Crippen molar-refractivity contribution in [2.75, 3.05) is 20.2 Å². The molecule has 1 unspecified atom stereocenters. The summed E-state index contributed by atoms with van der Waals surface area (Å²) in [4.78, 5) is 0.942. The van der Waals surface area contributed by atoms with E-state index in [0.717, 1.165) is 74.0 Å². The molecule has 2 atom stereocenters. The van der Waals surface area contributed by atoms with Gasteiger partial charge in [0.1, 0.15) is 11.6 Å². The van der Waals surface area contributed by atoms with Crippen molar-refractivity contribution in [2.24, 2.45) is 11.8 Å². The molecular formula is C34H40N6OS. The molecule has 8 heteroatoms. The number of aromatic nitrogens is 3. The molecule has 3 aliphatic rings. The fourth-order valence-corrected chi connectivity index (χ4v) is 6.58. The topological polar surface area (TPSA) is 76.0 Å². The Morgan fingerprint density at radius 2 is 1.86 bits per heavy atom. The van der Waals surface area contributed by atoms with Gasteiger partial charge in [0.25, 0.3) is 0 Å². The number of piperidine rings is 1. The van der Waals surface area contributed by atoms with E-state index in [4.69, 9.17) is 27.2 Å². The van der Waals surface area contributed by atoms with Gasteiger partial charge in [-0.2, -0.15) is 0 Å². The normalized spacial score (nSPS) is 18.9. The van der Waals surface area contributed by atoms with Crippen molar-refractivity contribution < 1.29 is 4.74 Å². The number of allylic oxidation sites excluding steroid dienone is 4. The van der Waals surface area contributed by atoms with Crippen LogP contribution in [0, 0.1) is 11.8 Å². The molecule has 0 spiro atoms. The van der Waals surface area contributed by atoms with Crippen LogP contribution >= 0.6 is 12.2 Å². The summed E-state index contributed by atoms with van der Waals surface area (Å²) in [5.74, 6) is 3.54. The van der Waals surface area contributed by atoms with Crippen LogP contribution in [0.2, 0.25) is 0 Å². The molecule has 218 valence electrons. The molecule has 1 aromatic heterocycles. The van der Waals surface area contributed by atoms with E-state index in [2.05, 4.69) is 87.4 Å². The van der Waals surface area contributed by atoms with Crippen molar-refractivity contribution in [3.05, 3.63) is 113 Å². The lowest BCUT2D eigenvalue weighted by Crippen LogP contribution is -2.39. The van der Waals surface area contributed by atoms with Crippen molar-refractivity contribution in [2.45, 2.75) is 51.1 Å². The number of nitrogens with zero attached hydrogens (tertiary/aromatic N) is 3. The van der Waals surface area contributed by atoms with Crippen molar-refractivity contribution in [1.29, 1.82) is 0 Å². The minimum absolute atomic E-state index is 0.0816. The summed E-state index contributed by atoms with van der Waals surface area (Å²) >= 11 is 6.06. The van der Waals surface area contributed by atoms with Gasteiger partial charge in [-0.15, -0.1) is 10.2 Å². The van der Waals surface area contributed by atoms with E-state index in [1.54, 1.807) is 7.11 Å². The SMILES string of the molecule is COc1ccc(Cn2c(CCc3ccccc3)nnc2[C@@H](CC2=CNC3=CC=CCC23)NC(=S)C2CCNCC2)cc1. The maximum absolute atomic E-state index is 6.06. The van der Waals surface area contributed by atoms with Crippen LogP contribution in [0.1, 0.15) is 54.5 Å². The molecule has 3 N–H and O–H groups in total. The molecule has 3 heterocycles. The molecule has 0 saturated carbocycles. The highest BCUT2D eigenvalue weighted by molar-refractivity contribution is 7.80. The fraction of sp³-hybridized carbons (Fsp3) is 0.382. The van der Waals surface area contributed by atoms with E-state index in [1.165, 1.54) is 22.4 Å². The average Bonchev–Trinajstić information content (AvgIpc) is 3.64. The Balaban J connectivity index is 1.32. The Labute approximate surface area is 254 Å². The predicted octanol–water partition coefficient (Wildman–Crippen LogP) is 5.42. The lowest BCUT2D eigenvalue weighted by molar-refractivity contribution is 0.414. The third-order valence-corrected chi connectivity index (χ3v) is 9.10. The number of thiocarbonyl (C=S) groups is 1. The van der Waals surface area contributed by atoms with Gasteiger partial charge < -0.3 is 25.3 Å². The summed E-state index contributed by atoms with van der Waals surface area (Å²) < 4.78 is 7.73. The monoisotopic (exact) mass is 580 g/mol. The number of hydrogen-bond donors (Lipinski definition) is 3. The average molecular weight is 581 g/mol. The summed E-state index contributed by atoms with van der Waals surface area (Å²) in [5, 5.41) is 20.5. The van der Waals surface area contributed by atoms with Crippen LogP contribution < -0.4 is 20.7 Å². The largest absolute Gasteiger partial charge is 0.497 e. The van der Waals surface area contributed by atoms with Crippen LogP contribution in [0.4, 0.5) is 0 Å². The van der Waals surface area contributed by atoms with Crippen LogP contribution in [0.15, 0.2) is 90.3 Å².